The molecule has 3 heteroatoms. The lowest BCUT2D eigenvalue weighted by Crippen LogP contribution is -2.38. The lowest BCUT2D eigenvalue weighted by Gasteiger charge is -2.30. The zero-order valence-corrected chi connectivity index (χ0v) is 8.69. The fourth-order valence-corrected chi connectivity index (χ4v) is 1.78. The van der Waals surface area contributed by atoms with Gasteiger partial charge in [-0.1, -0.05) is 13.0 Å². The van der Waals surface area contributed by atoms with Crippen molar-refractivity contribution >= 4 is 0 Å². The summed E-state index contributed by atoms with van der Waals surface area (Å²) in [6, 6.07) is 2.00. The SMILES string of the molecule is CC(C=CC#N)CN1CCC(O)CC1. The number of hydrogen-bond acceptors (Lipinski definition) is 3. The van der Waals surface area contributed by atoms with E-state index in [1.807, 2.05) is 12.1 Å². The first kappa shape index (κ1) is 11.2. The molecule has 14 heavy (non-hydrogen) atoms. The van der Waals surface area contributed by atoms with E-state index in [0.717, 1.165) is 32.5 Å². The molecular weight excluding hydrogens is 176 g/mol. The summed E-state index contributed by atoms with van der Waals surface area (Å²) in [7, 11) is 0. The third-order valence-corrected chi connectivity index (χ3v) is 2.60. The van der Waals surface area contributed by atoms with Crippen LogP contribution in [0.3, 0.4) is 0 Å². The number of rotatable bonds is 3. The summed E-state index contributed by atoms with van der Waals surface area (Å²) in [4.78, 5) is 2.35. The summed E-state index contributed by atoms with van der Waals surface area (Å²) in [6.45, 7) is 5.06. The number of likely N-dealkylation sites (tertiary alicyclic amines) is 1. The first-order chi connectivity index (χ1) is 6.72. The molecule has 0 amide bonds. The normalized spacial score (nSPS) is 22.4. The van der Waals surface area contributed by atoms with Crippen molar-refractivity contribution in [2.24, 2.45) is 5.92 Å². The first-order valence-electron chi connectivity index (χ1n) is 5.19. The van der Waals surface area contributed by atoms with E-state index in [1.165, 1.54) is 0 Å². The molecule has 3 nitrogen and oxygen atoms in total. The highest BCUT2D eigenvalue weighted by Gasteiger charge is 2.17. The molecule has 1 fully saturated rings. The Kier molecular flexibility index (Phi) is 4.64. The average molecular weight is 194 g/mol. The van der Waals surface area contributed by atoms with Gasteiger partial charge in [0.2, 0.25) is 0 Å². The van der Waals surface area contributed by atoms with E-state index < -0.39 is 0 Å². The zero-order valence-electron chi connectivity index (χ0n) is 8.69. The number of aliphatic hydroxyl groups excluding tert-OH is 1. The number of aliphatic hydroxyl groups is 1. The van der Waals surface area contributed by atoms with E-state index in [2.05, 4.69) is 11.8 Å². The number of allylic oxidation sites excluding steroid dienone is 1. The highest BCUT2D eigenvalue weighted by molar-refractivity contribution is 5.03. The Labute approximate surface area is 85.6 Å². The summed E-state index contributed by atoms with van der Waals surface area (Å²) in [6.07, 6.45) is 5.15. The fourth-order valence-electron chi connectivity index (χ4n) is 1.78. The lowest BCUT2D eigenvalue weighted by molar-refractivity contribution is 0.0788. The molecular formula is C11H18N2O. The van der Waals surface area contributed by atoms with E-state index in [1.54, 1.807) is 6.08 Å². The van der Waals surface area contributed by atoms with Gasteiger partial charge in [0, 0.05) is 25.7 Å². The van der Waals surface area contributed by atoms with Gasteiger partial charge in [0.1, 0.15) is 0 Å². The quantitative estimate of drug-likeness (QED) is 0.686. The Bertz CT molecular complexity index is 224. The predicted molar refractivity (Wildman–Crippen MR) is 55.6 cm³/mol. The standard InChI is InChI=1S/C11H18N2O/c1-10(3-2-6-12)9-13-7-4-11(14)5-8-13/h2-3,10-11,14H,4-5,7-9H2,1H3. The smallest absolute Gasteiger partial charge is 0.0908 e. The van der Waals surface area contributed by atoms with Crippen molar-refractivity contribution in [1.29, 1.82) is 5.26 Å². The van der Waals surface area contributed by atoms with Crippen molar-refractivity contribution in [1.82, 2.24) is 4.90 Å². The highest BCUT2D eigenvalue weighted by Crippen LogP contribution is 2.12. The van der Waals surface area contributed by atoms with E-state index in [0.29, 0.717) is 5.92 Å². The fraction of sp³-hybridized carbons (Fsp3) is 0.727. The van der Waals surface area contributed by atoms with Gasteiger partial charge in [-0.15, -0.1) is 0 Å². The summed E-state index contributed by atoms with van der Waals surface area (Å²) in [5.41, 5.74) is 0. The van der Waals surface area contributed by atoms with Crippen molar-refractivity contribution in [3.8, 4) is 6.07 Å². The van der Waals surface area contributed by atoms with Crippen LogP contribution in [-0.4, -0.2) is 35.7 Å². The third kappa shape index (κ3) is 3.91. The maximum absolute atomic E-state index is 9.32. The van der Waals surface area contributed by atoms with Crippen molar-refractivity contribution in [2.75, 3.05) is 19.6 Å². The molecule has 0 aromatic rings. The largest absolute Gasteiger partial charge is 0.393 e. The molecule has 0 aromatic carbocycles. The second-order valence-corrected chi connectivity index (χ2v) is 4.00. The van der Waals surface area contributed by atoms with Crippen LogP contribution in [0.5, 0.6) is 0 Å². The molecule has 1 rings (SSSR count). The maximum Gasteiger partial charge on any atom is 0.0908 e. The van der Waals surface area contributed by atoms with Gasteiger partial charge in [0.15, 0.2) is 0 Å². The molecule has 0 saturated carbocycles. The minimum atomic E-state index is -0.101. The molecule has 1 atom stereocenters. The first-order valence-corrected chi connectivity index (χ1v) is 5.19. The maximum atomic E-state index is 9.32. The van der Waals surface area contributed by atoms with Crippen molar-refractivity contribution in [3.05, 3.63) is 12.2 Å². The summed E-state index contributed by atoms with van der Waals surface area (Å²) >= 11 is 0. The van der Waals surface area contributed by atoms with Crippen LogP contribution in [0.2, 0.25) is 0 Å². The Hall–Kier alpha value is -0.850. The van der Waals surface area contributed by atoms with Crippen molar-refractivity contribution in [2.45, 2.75) is 25.9 Å². The number of piperidine rings is 1. The van der Waals surface area contributed by atoms with Gasteiger partial charge >= 0.3 is 0 Å². The van der Waals surface area contributed by atoms with Gasteiger partial charge in [-0.2, -0.15) is 5.26 Å². The lowest BCUT2D eigenvalue weighted by atomic mass is 10.1. The molecule has 1 heterocycles. The van der Waals surface area contributed by atoms with Crippen LogP contribution in [0.25, 0.3) is 0 Å². The Morgan fingerprint density at radius 1 is 1.57 bits per heavy atom. The molecule has 0 bridgehead atoms. The topological polar surface area (TPSA) is 47.3 Å². The minimum absolute atomic E-state index is 0.101. The third-order valence-electron chi connectivity index (χ3n) is 2.60. The summed E-state index contributed by atoms with van der Waals surface area (Å²) < 4.78 is 0. The van der Waals surface area contributed by atoms with Crippen LogP contribution in [-0.2, 0) is 0 Å². The van der Waals surface area contributed by atoms with Crippen LogP contribution in [0.15, 0.2) is 12.2 Å². The molecule has 0 aromatic heterocycles. The van der Waals surface area contributed by atoms with Gasteiger partial charge in [-0.3, -0.25) is 0 Å². The summed E-state index contributed by atoms with van der Waals surface area (Å²) in [5, 5.41) is 17.7. The molecule has 1 saturated heterocycles. The molecule has 1 aliphatic heterocycles. The van der Waals surface area contributed by atoms with Crippen molar-refractivity contribution < 1.29 is 5.11 Å². The predicted octanol–water partition coefficient (Wildman–Crippen LogP) is 1.16. The van der Waals surface area contributed by atoms with E-state index in [4.69, 9.17) is 5.26 Å². The second kappa shape index (κ2) is 5.79. The van der Waals surface area contributed by atoms with E-state index in [-0.39, 0.29) is 6.10 Å². The molecule has 0 radical (unpaired) electrons. The van der Waals surface area contributed by atoms with Gasteiger partial charge in [0.25, 0.3) is 0 Å². The Morgan fingerprint density at radius 3 is 2.79 bits per heavy atom. The summed E-state index contributed by atoms with van der Waals surface area (Å²) in [5.74, 6) is 0.421. The number of nitriles is 1. The van der Waals surface area contributed by atoms with Crippen LogP contribution in [0.4, 0.5) is 0 Å². The van der Waals surface area contributed by atoms with Gasteiger partial charge < -0.3 is 10.0 Å². The number of hydrogen-bond donors (Lipinski definition) is 1. The Morgan fingerprint density at radius 2 is 2.21 bits per heavy atom. The van der Waals surface area contributed by atoms with E-state index >= 15 is 0 Å². The number of nitrogens with zero attached hydrogens (tertiary/aromatic N) is 2. The highest BCUT2D eigenvalue weighted by atomic mass is 16.3. The average Bonchev–Trinajstić information content (AvgIpc) is 2.18. The second-order valence-electron chi connectivity index (χ2n) is 4.00. The van der Waals surface area contributed by atoms with Gasteiger partial charge in [-0.05, 0) is 18.8 Å². The molecule has 0 aliphatic carbocycles. The Balaban J connectivity index is 2.24. The van der Waals surface area contributed by atoms with Crippen LogP contribution in [0, 0.1) is 17.2 Å². The van der Waals surface area contributed by atoms with Crippen LogP contribution < -0.4 is 0 Å². The zero-order chi connectivity index (χ0) is 10.4. The molecule has 1 unspecified atom stereocenters. The minimum Gasteiger partial charge on any atom is -0.393 e. The van der Waals surface area contributed by atoms with Crippen LogP contribution >= 0.6 is 0 Å². The van der Waals surface area contributed by atoms with Crippen LogP contribution in [0.1, 0.15) is 19.8 Å². The molecule has 1 aliphatic rings. The van der Waals surface area contributed by atoms with Gasteiger partial charge in [0.05, 0.1) is 12.2 Å². The molecule has 1 N–H and O–H groups in total. The monoisotopic (exact) mass is 194 g/mol. The van der Waals surface area contributed by atoms with Crippen molar-refractivity contribution in [3.63, 3.8) is 0 Å². The van der Waals surface area contributed by atoms with E-state index in [9.17, 15) is 5.11 Å². The molecule has 78 valence electrons. The van der Waals surface area contributed by atoms with Gasteiger partial charge in [-0.25, -0.2) is 0 Å². The molecule has 0 spiro atoms.